The molecule has 0 bridgehead atoms. The maximum atomic E-state index is 12.3. The average Bonchev–Trinajstić information content (AvgIpc) is 3.28. The second kappa shape index (κ2) is 10.0. The summed E-state index contributed by atoms with van der Waals surface area (Å²) in [5.41, 5.74) is 1.16. The molecule has 0 atom stereocenters. The van der Waals surface area contributed by atoms with Crippen molar-refractivity contribution in [3.8, 4) is 23.3 Å². The van der Waals surface area contributed by atoms with Gasteiger partial charge in [-0.25, -0.2) is 4.79 Å². The molecule has 0 unspecified atom stereocenters. The lowest BCUT2D eigenvalue weighted by Crippen LogP contribution is -2.53. The van der Waals surface area contributed by atoms with Crippen LogP contribution in [0.4, 0.5) is 4.79 Å². The Morgan fingerprint density at radius 3 is 2.38 bits per heavy atom. The molecular formula is C29H35NO4. The molecule has 2 aliphatic rings. The molecule has 0 aromatic heterocycles. The van der Waals surface area contributed by atoms with E-state index in [1.54, 1.807) is 7.11 Å². The third kappa shape index (κ3) is 5.86. The molecule has 2 aliphatic carbocycles. The summed E-state index contributed by atoms with van der Waals surface area (Å²) in [5.74, 6) is 8.40. The number of alkyl carbamates (subject to hydrolysis) is 1. The van der Waals surface area contributed by atoms with E-state index in [1.165, 1.54) is 12.8 Å². The molecular weight excluding hydrogens is 426 g/mol. The minimum atomic E-state index is -0.527. The van der Waals surface area contributed by atoms with Crippen LogP contribution in [0.15, 0.2) is 48.5 Å². The lowest BCUT2D eigenvalue weighted by molar-refractivity contribution is 0.0454. The summed E-state index contributed by atoms with van der Waals surface area (Å²) in [6.45, 7) is 5.60. The number of amides is 1. The van der Waals surface area contributed by atoms with Crippen molar-refractivity contribution in [1.29, 1.82) is 0 Å². The Kier molecular flexibility index (Phi) is 7.07. The van der Waals surface area contributed by atoms with Gasteiger partial charge in [-0.05, 0) is 89.1 Å². The Morgan fingerprint density at radius 2 is 1.74 bits per heavy atom. The first-order valence-electron chi connectivity index (χ1n) is 12.2. The van der Waals surface area contributed by atoms with Crippen molar-refractivity contribution in [3.05, 3.63) is 59.7 Å². The molecule has 0 spiro atoms. The highest BCUT2D eigenvalue weighted by atomic mass is 16.6. The second-order valence-electron chi connectivity index (χ2n) is 10.3. The van der Waals surface area contributed by atoms with E-state index in [0.29, 0.717) is 12.8 Å². The molecule has 0 heterocycles. The molecule has 5 heteroatoms. The first-order chi connectivity index (χ1) is 16.3. The quantitative estimate of drug-likeness (QED) is 0.556. The third-order valence-electron chi connectivity index (χ3n) is 6.44. The van der Waals surface area contributed by atoms with Gasteiger partial charge in [0.25, 0.3) is 0 Å². The van der Waals surface area contributed by atoms with E-state index in [1.807, 2.05) is 57.2 Å². The largest absolute Gasteiger partial charge is 0.493 e. The summed E-state index contributed by atoms with van der Waals surface area (Å²) in [6.07, 6.45) is 5.83. The molecule has 34 heavy (non-hydrogen) atoms. The van der Waals surface area contributed by atoms with Crippen molar-refractivity contribution in [3.63, 3.8) is 0 Å². The molecule has 0 saturated heterocycles. The molecule has 4 rings (SSSR count). The van der Waals surface area contributed by atoms with E-state index in [9.17, 15) is 4.79 Å². The van der Waals surface area contributed by atoms with E-state index < -0.39 is 5.60 Å². The van der Waals surface area contributed by atoms with Gasteiger partial charge in [-0.15, -0.1) is 0 Å². The van der Waals surface area contributed by atoms with Crippen molar-refractivity contribution >= 4 is 6.09 Å². The summed E-state index contributed by atoms with van der Waals surface area (Å²) in [4.78, 5) is 12.3. The molecule has 2 aromatic carbocycles. The average molecular weight is 462 g/mol. The Labute approximate surface area is 203 Å². The van der Waals surface area contributed by atoms with Crippen LogP contribution in [0, 0.1) is 11.8 Å². The zero-order chi connectivity index (χ0) is 24.2. The van der Waals surface area contributed by atoms with Crippen LogP contribution in [0.25, 0.3) is 0 Å². The van der Waals surface area contributed by atoms with Gasteiger partial charge in [-0.1, -0.05) is 36.1 Å². The number of ether oxygens (including phenoxy) is 3. The van der Waals surface area contributed by atoms with Gasteiger partial charge < -0.3 is 19.5 Å². The molecule has 0 radical (unpaired) electrons. The smallest absolute Gasteiger partial charge is 0.407 e. The molecule has 1 N–H and O–H groups in total. The highest BCUT2D eigenvalue weighted by molar-refractivity contribution is 5.68. The van der Waals surface area contributed by atoms with Gasteiger partial charge in [0.05, 0.1) is 18.6 Å². The van der Waals surface area contributed by atoms with Gasteiger partial charge in [0.2, 0.25) is 0 Å². The van der Waals surface area contributed by atoms with Crippen molar-refractivity contribution in [2.75, 3.05) is 7.11 Å². The van der Waals surface area contributed by atoms with Crippen LogP contribution in [0.1, 0.15) is 70.4 Å². The molecule has 2 saturated carbocycles. The number of nitrogens with one attached hydrogen (secondary N) is 1. The second-order valence-corrected chi connectivity index (χ2v) is 10.3. The summed E-state index contributed by atoms with van der Waals surface area (Å²) in [5, 5.41) is 3.01. The van der Waals surface area contributed by atoms with Crippen molar-refractivity contribution in [2.24, 2.45) is 0 Å². The summed E-state index contributed by atoms with van der Waals surface area (Å²) < 4.78 is 17.4. The fraction of sp³-hybridized carbons (Fsp3) is 0.483. The lowest BCUT2D eigenvalue weighted by atomic mass is 9.62. The van der Waals surface area contributed by atoms with E-state index >= 15 is 0 Å². The molecule has 180 valence electrons. The normalized spacial score (nSPS) is 22.2. The van der Waals surface area contributed by atoms with Crippen LogP contribution in [0.5, 0.6) is 11.5 Å². The molecule has 0 aliphatic heterocycles. The van der Waals surface area contributed by atoms with Crippen LogP contribution in [-0.2, 0) is 10.2 Å². The monoisotopic (exact) mass is 461 g/mol. The van der Waals surface area contributed by atoms with Crippen molar-refractivity contribution < 1.29 is 19.0 Å². The van der Waals surface area contributed by atoms with E-state index in [4.69, 9.17) is 14.2 Å². The molecule has 2 aromatic rings. The highest BCUT2D eigenvalue weighted by Gasteiger charge is 2.46. The van der Waals surface area contributed by atoms with Gasteiger partial charge in [0.15, 0.2) is 11.5 Å². The predicted octanol–water partition coefficient (Wildman–Crippen LogP) is 5.99. The summed E-state index contributed by atoms with van der Waals surface area (Å²) >= 11 is 0. The number of methoxy groups -OCH3 is 1. The van der Waals surface area contributed by atoms with Crippen molar-refractivity contribution in [1.82, 2.24) is 5.32 Å². The maximum Gasteiger partial charge on any atom is 0.407 e. The topological polar surface area (TPSA) is 56.8 Å². The van der Waals surface area contributed by atoms with Crippen molar-refractivity contribution in [2.45, 2.75) is 82.5 Å². The molecule has 1 amide bonds. The van der Waals surface area contributed by atoms with Crippen LogP contribution in [0.2, 0.25) is 0 Å². The van der Waals surface area contributed by atoms with Crippen LogP contribution in [0.3, 0.4) is 0 Å². The first kappa shape index (κ1) is 24.0. The Balaban J connectivity index is 1.59. The Hall–Kier alpha value is -3.13. The van der Waals surface area contributed by atoms with Gasteiger partial charge in [0, 0.05) is 11.6 Å². The number of hydrogen-bond acceptors (Lipinski definition) is 4. The minimum Gasteiger partial charge on any atom is -0.493 e. The maximum absolute atomic E-state index is 12.3. The van der Waals surface area contributed by atoms with Crippen LogP contribution in [-0.4, -0.2) is 30.9 Å². The standard InChI is InChI=1S/C29H35NO4/c1-28(2,3)34-27(31)30-23-19-29(20-23,17-16-21-10-6-5-7-11-21)22-14-15-25(32-4)26(18-22)33-24-12-8-9-13-24/h5-7,10-11,14-15,18,23-24H,8-9,12-13,19-20H2,1-4H3,(H,30,31). The summed E-state index contributed by atoms with van der Waals surface area (Å²) in [7, 11) is 1.67. The number of benzene rings is 2. The zero-order valence-corrected chi connectivity index (χ0v) is 20.6. The molecule has 5 nitrogen and oxygen atoms in total. The van der Waals surface area contributed by atoms with Gasteiger partial charge in [-0.2, -0.15) is 0 Å². The molecule has 2 fully saturated rings. The van der Waals surface area contributed by atoms with E-state index in [0.717, 1.165) is 35.5 Å². The zero-order valence-electron chi connectivity index (χ0n) is 20.6. The number of hydrogen-bond donors (Lipinski definition) is 1. The summed E-state index contributed by atoms with van der Waals surface area (Å²) in [6, 6.07) is 16.1. The lowest BCUT2D eigenvalue weighted by Gasteiger charge is -2.45. The number of carbonyl (C=O) groups is 1. The van der Waals surface area contributed by atoms with E-state index in [-0.39, 0.29) is 23.7 Å². The van der Waals surface area contributed by atoms with Crippen LogP contribution < -0.4 is 14.8 Å². The fourth-order valence-corrected chi connectivity index (χ4v) is 4.73. The van der Waals surface area contributed by atoms with E-state index in [2.05, 4.69) is 29.3 Å². The highest BCUT2D eigenvalue weighted by Crippen LogP contribution is 2.46. The number of carbonyl (C=O) groups excluding carboxylic acids is 1. The third-order valence-corrected chi connectivity index (χ3v) is 6.44. The predicted molar refractivity (Wildman–Crippen MR) is 133 cm³/mol. The van der Waals surface area contributed by atoms with Crippen LogP contribution >= 0.6 is 0 Å². The minimum absolute atomic E-state index is 0.00113. The Morgan fingerprint density at radius 1 is 1.03 bits per heavy atom. The van der Waals surface area contributed by atoms with Gasteiger partial charge >= 0.3 is 6.09 Å². The first-order valence-corrected chi connectivity index (χ1v) is 12.2. The SMILES string of the molecule is COc1ccc(C2(C#Cc3ccccc3)CC(NC(=O)OC(C)(C)C)C2)cc1OC1CCCC1. The number of rotatable bonds is 5. The Bertz CT molecular complexity index is 1050. The fourth-order valence-electron chi connectivity index (χ4n) is 4.73. The van der Waals surface area contributed by atoms with Gasteiger partial charge in [-0.3, -0.25) is 0 Å². The van der Waals surface area contributed by atoms with Gasteiger partial charge in [0.1, 0.15) is 5.60 Å².